The summed E-state index contributed by atoms with van der Waals surface area (Å²) in [7, 11) is 1.57. The van der Waals surface area contributed by atoms with Crippen LogP contribution in [0.5, 0.6) is 0 Å². The molecule has 3 aromatic rings. The van der Waals surface area contributed by atoms with Crippen LogP contribution in [-0.2, 0) is 9.47 Å². The van der Waals surface area contributed by atoms with Gasteiger partial charge in [-0.3, -0.25) is 4.98 Å². The Morgan fingerprint density at radius 3 is 2.55 bits per heavy atom. The van der Waals surface area contributed by atoms with Crippen molar-refractivity contribution in [3.05, 3.63) is 42.2 Å². The van der Waals surface area contributed by atoms with Crippen LogP contribution in [-0.4, -0.2) is 77.7 Å². The molecule has 1 amide bonds. The summed E-state index contributed by atoms with van der Waals surface area (Å²) < 4.78 is 15.9. The summed E-state index contributed by atoms with van der Waals surface area (Å²) >= 11 is 0. The van der Waals surface area contributed by atoms with E-state index >= 15 is 0 Å². The zero-order valence-corrected chi connectivity index (χ0v) is 17.5. The quantitative estimate of drug-likeness (QED) is 0.551. The number of rotatable bonds is 6. The van der Waals surface area contributed by atoms with Gasteiger partial charge >= 0.3 is 6.09 Å². The summed E-state index contributed by atoms with van der Waals surface area (Å²) in [5.74, 6) is 1.46. The molecule has 31 heavy (non-hydrogen) atoms. The van der Waals surface area contributed by atoms with Crippen LogP contribution in [0.15, 0.2) is 40.9 Å². The van der Waals surface area contributed by atoms with Crippen molar-refractivity contribution in [2.45, 2.75) is 6.92 Å². The highest BCUT2D eigenvalue weighted by molar-refractivity contribution is 5.68. The minimum atomic E-state index is -0.327. The Labute approximate surface area is 179 Å². The molecule has 3 heterocycles. The molecule has 162 valence electrons. The number of carbonyl (C=O) groups excluding carboxylic acids is 1. The van der Waals surface area contributed by atoms with Crippen LogP contribution in [0.3, 0.4) is 0 Å². The number of amides is 1. The average molecular weight is 424 g/mol. The van der Waals surface area contributed by atoms with Crippen molar-refractivity contribution in [2.24, 2.45) is 0 Å². The molecular formula is C21H24N6O4. The van der Waals surface area contributed by atoms with E-state index in [-0.39, 0.29) is 12.7 Å². The van der Waals surface area contributed by atoms with E-state index in [4.69, 9.17) is 18.9 Å². The van der Waals surface area contributed by atoms with Crippen molar-refractivity contribution < 1.29 is 18.7 Å². The number of aryl methyl sites for hydroxylation is 1. The molecule has 10 nitrogen and oxygen atoms in total. The Hall–Kier alpha value is -3.53. The third-order valence-electron chi connectivity index (χ3n) is 4.97. The molecule has 0 atom stereocenters. The fourth-order valence-electron chi connectivity index (χ4n) is 3.23. The van der Waals surface area contributed by atoms with E-state index < -0.39 is 0 Å². The molecule has 1 aliphatic rings. The molecule has 0 N–H and O–H groups in total. The Balaban J connectivity index is 1.44. The first kappa shape index (κ1) is 20.7. The number of anilines is 1. The van der Waals surface area contributed by atoms with Gasteiger partial charge in [0.25, 0.3) is 5.89 Å². The molecule has 1 fully saturated rings. The number of piperazine rings is 1. The van der Waals surface area contributed by atoms with Gasteiger partial charge in [-0.1, -0.05) is 18.2 Å². The van der Waals surface area contributed by atoms with Gasteiger partial charge in [0.15, 0.2) is 5.69 Å². The molecule has 0 saturated carbocycles. The van der Waals surface area contributed by atoms with Crippen molar-refractivity contribution in [3.8, 4) is 23.0 Å². The molecule has 0 spiro atoms. The highest BCUT2D eigenvalue weighted by atomic mass is 16.6. The third kappa shape index (κ3) is 4.80. The normalized spacial score (nSPS) is 14.0. The lowest BCUT2D eigenvalue weighted by atomic mass is 10.2. The Morgan fingerprint density at radius 1 is 1.06 bits per heavy atom. The second-order valence-corrected chi connectivity index (χ2v) is 7.02. The van der Waals surface area contributed by atoms with Gasteiger partial charge < -0.3 is 23.7 Å². The number of methoxy groups -OCH3 is 1. The van der Waals surface area contributed by atoms with Gasteiger partial charge in [-0.05, 0) is 19.1 Å². The Kier molecular flexibility index (Phi) is 6.37. The maximum absolute atomic E-state index is 12.1. The van der Waals surface area contributed by atoms with Gasteiger partial charge in [0, 0.05) is 38.9 Å². The summed E-state index contributed by atoms with van der Waals surface area (Å²) in [6.07, 6.45) is 1.39. The molecule has 1 aliphatic heterocycles. The maximum atomic E-state index is 12.1. The van der Waals surface area contributed by atoms with E-state index in [1.54, 1.807) is 18.2 Å². The number of benzene rings is 1. The van der Waals surface area contributed by atoms with Crippen LogP contribution in [0, 0.1) is 6.92 Å². The van der Waals surface area contributed by atoms with E-state index in [1.165, 1.54) is 0 Å². The summed E-state index contributed by atoms with van der Waals surface area (Å²) in [6, 6.07) is 9.58. The van der Waals surface area contributed by atoms with Crippen molar-refractivity contribution in [2.75, 3.05) is 51.4 Å². The first-order valence-electron chi connectivity index (χ1n) is 10.0. The van der Waals surface area contributed by atoms with E-state index in [9.17, 15) is 4.79 Å². The predicted molar refractivity (Wildman–Crippen MR) is 113 cm³/mol. The van der Waals surface area contributed by atoms with Crippen LogP contribution in [0.4, 0.5) is 10.6 Å². The van der Waals surface area contributed by atoms with Gasteiger partial charge in [0.1, 0.15) is 12.4 Å². The molecule has 0 aliphatic carbocycles. The van der Waals surface area contributed by atoms with E-state index in [1.807, 2.05) is 37.3 Å². The monoisotopic (exact) mass is 424 g/mol. The zero-order chi connectivity index (χ0) is 21.6. The largest absolute Gasteiger partial charge is 0.447 e. The highest BCUT2D eigenvalue weighted by Crippen LogP contribution is 2.26. The molecule has 2 aromatic heterocycles. The molecular weight excluding hydrogens is 400 g/mol. The number of carbonyl (C=O) groups is 1. The van der Waals surface area contributed by atoms with Crippen LogP contribution >= 0.6 is 0 Å². The van der Waals surface area contributed by atoms with Crippen LogP contribution in [0.25, 0.3) is 23.0 Å². The molecule has 10 heteroatoms. The lowest BCUT2D eigenvalue weighted by Gasteiger charge is -2.34. The standard InChI is InChI=1S/C21H24N6O4/c1-15-18(20-25-24-19(31-20)16-6-4-3-5-7-16)23-17(14-22-15)26-8-10-27(11-9-26)21(28)30-13-12-29-2/h3-7,14H,8-13H2,1-2H3. The van der Waals surface area contributed by atoms with E-state index in [0.717, 1.165) is 5.56 Å². The number of hydrogen-bond acceptors (Lipinski definition) is 9. The Morgan fingerprint density at radius 2 is 1.81 bits per heavy atom. The molecule has 4 rings (SSSR count). The first-order chi connectivity index (χ1) is 15.2. The van der Waals surface area contributed by atoms with Gasteiger partial charge in [0.2, 0.25) is 5.89 Å². The highest BCUT2D eigenvalue weighted by Gasteiger charge is 2.24. The lowest BCUT2D eigenvalue weighted by molar-refractivity contribution is 0.0705. The first-order valence-corrected chi connectivity index (χ1v) is 10.0. The SMILES string of the molecule is COCCOC(=O)N1CCN(c2cnc(C)c(-c3nnc(-c4ccccc4)o3)n2)CC1. The average Bonchev–Trinajstić information content (AvgIpc) is 3.30. The lowest BCUT2D eigenvalue weighted by Crippen LogP contribution is -2.49. The van der Waals surface area contributed by atoms with Crippen molar-refractivity contribution >= 4 is 11.9 Å². The second kappa shape index (κ2) is 9.52. The number of nitrogens with zero attached hydrogens (tertiary/aromatic N) is 6. The van der Waals surface area contributed by atoms with Gasteiger partial charge in [-0.25, -0.2) is 9.78 Å². The topological polar surface area (TPSA) is 107 Å². The summed E-state index contributed by atoms with van der Waals surface area (Å²) in [5, 5.41) is 8.30. The maximum Gasteiger partial charge on any atom is 0.409 e. The van der Waals surface area contributed by atoms with E-state index in [0.29, 0.717) is 61.8 Å². The van der Waals surface area contributed by atoms with Crippen LogP contribution < -0.4 is 4.90 Å². The van der Waals surface area contributed by atoms with E-state index in [2.05, 4.69) is 20.1 Å². The molecule has 0 unspecified atom stereocenters. The van der Waals surface area contributed by atoms with Crippen molar-refractivity contribution in [1.29, 1.82) is 0 Å². The smallest absolute Gasteiger partial charge is 0.409 e. The fourth-order valence-corrected chi connectivity index (χ4v) is 3.23. The van der Waals surface area contributed by atoms with Crippen molar-refractivity contribution in [3.63, 3.8) is 0 Å². The molecule has 1 aromatic carbocycles. The minimum Gasteiger partial charge on any atom is -0.447 e. The second-order valence-electron chi connectivity index (χ2n) is 7.02. The molecule has 0 radical (unpaired) electrons. The van der Waals surface area contributed by atoms with Gasteiger partial charge in [0.05, 0.1) is 18.5 Å². The summed E-state index contributed by atoms with van der Waals surface area (Å²) in [6.45, 7) is 4.80. The van der Waals surface area contributed by atoms with Crippen molar-refractivity contribution in [1.82, 2.24) is 25.1 Å². The van der Waals surface area contributed by atoms with Gasteiger partial charge in [-0.2, -0.15) is 0 Å². The van der Waals surface area contributed by atoms with Crippen LogP contribution in [0.2, 0.25) is 0 Å². The number of ether oxygens (including phenoxy) is 2. The van der Waals surface area contributed by atoms with Gasteiger partial charge in [-0.15, -0.1) is 10.2 Å². The molecule has 1 saturated heterocycles. The minimum absolute atomic E-state index is 0.248. The summed E-state index contributed by atoms with van der Waals surface area (Å²) in [4.78, 5) is 25.0. The predicted octanol–water partition coefficient (Wildman–Crippen LogP) is 2.41. The Bertz CT molecular complexity index is 1020. The fraction of sp³-hybridized carbons (Fsp3) is 0.381. The number of aromatic nitrogens is 4. The molecule has 0 bridgehead atoms. The number of hydrogen-bond donors (Lipinski definition) is 0. The third-order valence-corrected chi connectivity index (χ3v) is 4.97. The van der Waals surface area contributed by atoms with Crippen LogP contribution in [0.1, 0.15) is 5.69 Å². The summed E-state index contributed by atoms with van der Waals surface area (Å²) in [5.41, 5.74) is 2.09. The zero-order valence-electron chi connectivity index (χ0n) is 17.5.